The van der Waals surface area contributed by atoms with Gasteiger partial charge in [-0.2, -0.15) is 0 Å². The van der Waals surface area contributed by atoms with Crippen LogP contribution in [0.1, 0.15) is 29.9 Å². The van der Waals surface area contributed by atoms with Crippen molar-refractivity contribution in [1.82, 2.24) is 14.6 Å². The van der Waals surface area contributed by atoms with Crippen molar-refractivity contribution in [3.63, 3.8) is 0 Å². The molecular weight excluding hydrogens is 321 g/mol. The van der Waals surface area contributed by atoms with Crippen molar-refractivity contribution in [2.24, 2.45) is 0 Å². The molecule has 1 aromatic carbocycles. The van der Waals surface area contributed by atoms with Gasteiger partial charge >= 0.3 is 0 Å². The van der Waals surface area contributed by atoms with Crippen molar-refractivity contribution in [3.05, 3.63) is 58.0 Å². The molecule has 22 heavy (non-hydrogen) atoms. The van der Waals surface area contributed by atoms with E-state index in [9.17, 15) is 0 Å². The molecule has 1 fully saturated rings. The Bertz CT molecular complexity index is 822. The Morgan fingerprint density at radius 3 is 2.64 bits per heavy atom. The number of nitrogens with zero attached hydrogens (tertiary/aromatic N) is 3. The molecule has 0 N–H and O–H groups in total. The van der Waals surface area contributed by atoms with Crippen LogP contribution in [-0.2, 0) is 6.61 Å². The summed E-state index contributed by atoms with van der Waals surface area (Å²) in [5.41, 5.74) is 3.27. The third-order valence-electron chi connectivity index (χ3n) is 3.80. The third kappa shape index (κ3) is 2.76. The Balaban J connectivity index is 1.63. The monoisotopic (exact) mass is 333 g/mol. The molecule has 1 aliphatic carbocycles. The zero-order valence-corrected chi connectivity index (χ0v) is 13.2. The molecule has 4 nitrogen and oxygen atoms in total. The molecule has 0 atom stereocenters. The van der Waals surface area contributed by atoms with Crippen LogP contribution >= 0.6 is 23.2 Å². The lowest BCUT2D eigenvalue weighted by molar-refractivity contribution is 0.305. The van der Waals surface area contributed by atoms with Gasteiger partial charge in [0, 0.05) is 16.2 Å². The predicted octanol–water partition coefficient (Wildman–Crippen LogP) is 4.49. The first-order chi connectivity index (χ1) is 10.7. The van der Waals surface area contributed by atoms with Gasteiger partial charge in [0.15, 0.2) is 5.65 Å². The number of halogens is 2. The molecule has 0 unspecified atom stereocenters. The van der Waals surface area contributed by atoms with Crippen molar-refractivity contribution in [3.8, 4) is 5.75 Å². The van der Waals surface area contributed by atoms with Gasteiger partial charge in [0.05, 0.1) is 0 Å². The lowest BCUT2D eigenvalue weighted by atomic mass is 10.1. The second kappa shape index (κ2) is 5.45. The van der Waals surface area contributed by atoms with E-state index < -0.39 is 0 Å². The maximum atomic E-state index is 6.00. The van der Waals surface area contributed by atoms with Crippen LogP contribution in [0.25, 0.3) is 5.65 Å². The number of ether oxygens (including phenoxy) is 1. The smallest absolute Gasteiger partial charge is 0.160 e. The average molecular weight is 334 g/mol. The summed E-state index contributed by atoms with van der Waals surface area (Å²) in [7, 11) is 0. The van der Waals surface area contributed by atoms with Crippen molar-refractivity contribution >= 4 is 28.8 Å². The Kier molecular flexibility index (Phi) is 3.43. The van der Waals surface area contributed by atoms with E-state index in [4.69, 9.17) is 27.9 Å². The Morgan fingerprint density at radius 1 is 1.14 bits per heavy atom. The van der Waals surface area contributed by atoms with Gasteiger partial charge in [-0.15, -0.1) is 10.2 Å². The molecular formula is C16H13Cl2N3O. The summed E-state index contributed by atoms with van der Waals surface area (Å²) in [5.74, 6) is 1.29. The summed E-state index contributed by atoms with van der Waals surface area (Å²) in [6.07, 6.45) is 6.28. The summed E-state index contributed by atoms with van der Waals surface area (Å²) in [4.78, 5) is 0. The Hall–Kier alpha value is -1.78. The highest BCUT2D eigenvalue weighted by Crippen LogP contribution is 2.42. The predicted molar refractivity (Wildman–Crippen MR) is 85.8 cm³/mol. The van der Waals surface area contributed by atoms with Gasteiger partial charge in [0.25, 0.3) is 0 Å². The SMILES string of the molecule is Clc1cc(Cl)cc(OCc2cc3nncn3cc2C2CC2)c1. The van der Waals surface area contributed by atoms with Crippen molar-refractivity contribution < 1.29 is 4.74 Å². The molecule has 112 valence electrons. The third-order valence-corrected chi connectivity index (χ3v) is 4.24. The molecule has 0 radical (unpaired) electrons. The number of hydrogen-bond acceptors (Lipinski definition) is 3. The normalized spacial score (nSPS) is 14.5. The number of rotatable bonds is 4. The Morgan fingerprint density at radius 2 is 1.91 bits per heavy atom. The van der Waals surface area contributed by atoms with Crippen LogP contribution in [0.4, 0.5) is 0 Å². The van der Waals surface area contributed by atoms with Crippen LogP contribution < -0.4 is 4.74 Å². The van der Waals surface area contributed by atoms with Crippen LogP contribution in [0.3, 0.4) is 0 Å². The van der Waals surface area contributed by atoms with Gasteiger partial charge in [-0.1, -0.05) is 23.2 Å². The molecule has 0 bridgehead atoms. The lowest BCUT2D eigenvalue weighted by Gasteiger charge is -2.12. The molecule has 2 heterocycles. The van der Waals surface area contributed by atoms with Gasteiger partial charge in [-0.05, 0) is 54.2 Å². The fraction of sp³-hybridized carbons (Fsp3) is 0.250. The lowest BCUT2D eigenvalue weighted by Crippen LogP contribution is -2.02. The molecule has 1 saturated carbocycles. The van der Waals surface area contributed by atoms with Crippen LogP contribution in [0.15, 0.2) is 36.8 Å². The van der Waals surface area contributed by atoms with Gasteiger partial charge in [-0.25, -0.2) is 0 Å². The van der Waals surface area contributed by atoms with Crippen molar-refractivity contribution in [1.29, 1.82) is 0 Å². The second-order valence-electron chi connectivity index (χ2n) is 5.52. The summed E-state index contributed by atoms with van der Waals surface area (Å²) in [6.45, 7) is 0.464. The van der Waals surface area contributed by atoms with Crippen molar-refractivity contribution in [2.45, 2.75) is 25.4 Å². The summed E-state index contributed by atoms with van der Waals surface area (Å²) >= 11 is 12.0. The zero-order valence-electron chi connectivity index (χ0n) is 11.7. The Labute approximate surface area is 137 Å². The van der Waals surface area contributed by atoms with Crippen LogP contribution in [0.2, 0.25) is 10.0 Å². The van der Waals surface area contributed by atoms with Gasteiger partial charge in [0.2, 0.25) is 0 Å². The van der Waals surface area contributed by atoms with Gasteiger partial charge < -0.3 is 4.74 Å². The quantitative estimate of drug-likeness (QED) is 0.706. The molecule has 1 aliphatic rings. The zero-order chi connectivity index (χ0) is 15.1. The topological polar surface area (TPSA) is 39.4 Å². The fourth-order valence-corrected chi connectivity index (χ4v) is 3.09. The molecule has 6 heteroatoms. The number of hydrogen-bond donors (Lipinski definition) is 0. The summed E-state index contributed by atoms with van der Waals surface area (Å²) < 4.78 is 7.82. The molecule has 0 aliphatic heterocycles. The fourth-order valence-electron chi connectivity index (χ4n) is 2.59. The summed E-state index contributed by atoms with van der Waals surface area (Å²) in [6, 6.07) is 7.25. The first-order valence-corrected chi connectivity index (χ1v) is 7.86. The number of fused-ring (bicyclic) bond motifs is 1. The summed E-state index contributed by atoms with van der Waals surface area (Å²) in [5, 5.41) is 9.18. The van der Waals surface area contributed by atoms with E-state index in [2.05, 4.69) is 16.4 Å². The van der Waals surface area contributed by atoms with Gasteiger partial charge in [0.1, 0.15) is 18.7 Å². The van der Waals surface area contributed by atoms with Crippen LogP contribution in [0, 0.1) is 0 Å². The van der Waals surface area contributed by atoms with E-state index in [1.165, 1.54) is 18.4 Å². The van der Waals surface area contributed by atoms with E-state index in [1.807, 2.05) is 10.5 Å². The van der Waals surface area contributed by atoms with E-state index >= 15 is 0 Å². The minimum atomic E-state index is 0.464. The highest BCUT2D eigenvalue weighted by molar-refractivity contribution is 6.34. The van der Waals surface area contributed by atoms with E-state index in [0.29, 0.717) is 28.3 Å². The van der Waals surface area contributed by atoms with Crippen LogP contribution in [0.5, 0.6) is 5.75 Å². The molecule has 0 spiro atoms. The molecule has 3 aromatic rings. The molecule has 0 amide bonds. The van der Waals surface area contributed by atoms with Crippen molar-refractivity contribution in [2.75, 3.05) is 0 Å². The minimum Gasteiger partial charge on any atom is -0.489 e. The number of aromatic nitrogens is 3. The molecule has 4 rings (SSSR count). The first-order valence-electron chi connectivity index (χ1n) is 7.10. The average Bonchev–Trinajstić information content (AvgIpc) is 3.22. The van der Waals surface area contributed by atoms with Crippen LogP contribution in [-0.4, -0.2) is 14.6 Å². The highest BCUT2D eigenvalue weighted by atomic mass is 35.5. The molecule has 2 aromatic heterocycles. The molecule has 0 saturated heterocycles. The van der Waals surface area contributed by atoms with E-state index in [0.717, 1.165) is 11.2 Å². The maximum Gasteiger partial charge on any atom is 0.160 e. The van der Waals surface area contributed by atoms with E-state index in [-0.39, 0.29) is 0 Å². The largest absolute Gasteiger partial charge is 0.489 e. The first kappa shape index (κ1) is 13.9. The minimum absolute atomic E-state index is 0.464. The highest BCUT2D eigenvalue weighted by Gasteiger charge is 2.27. The number of pyridine rings is 1. The maximum absolute atomic E-state index is 6.00. The number of benzene rings is 1. The van der Waals surface area contributed by atoms with E-state index in [1.54, 1.807) is 24.5 Å². The van der Waals surface area contributed by atoms with Gasteiger partial charge in [-0.3, -0.25) is 4.40 Å². The second-order valence-corrected chi connectivity index (χ2v) is 6.39. The standard InChI is InChI=1S/C16H13Cl2N3O/c17-12-4-13(18)6-14(5-12)22-8-11-3-16-20-19-9-21(16)7-15(11)10-1-2-10/h3-7,9-10H,1-2,8H2.